The maximum Gasteiger partial charge on any atom is 0.0714 e. The van der Waals surface area contributed by atoms with Gasteiger partial charge in [-0.2, -0.15) is 0 Å². The van der Waals surface area contributed by atoms with Gasteiger partial charge >= 0.3 is 0 Å². The Hall–Kier alpha value is -7.48. The van der Waals surface area contributed by atoms with Gasteiger partial charge in [-0.25, -0.2) is 0 Å². The molecule has 0 heterocycles. The Balaban J connectivity index is 0.941. The van der Waals surface area contributed by atoms with Gasteiger partial charge < -0.3 is 4.90 Å². The largest absolute Gasteiger partial charge is 0.310 e. The first-order chi connectivity index (χ1) is 30.0. The SMILES string of the molecule is CC1(C)c2cc(/C=C/c3cc4c5c(ccc6cccc(c65)C4(c4ccccc4)c4ccccc4)c3)ccc2-c2ccc(N(c3ccccc3)c3ccc4ccccc4c3)cc21. The summed E-state index contributed by atoms with van der Waals surface area (Å²) in [5, 5.41) is 7.77. The van der Waals surface area contributed by atoms with E-state index in [4.69, 9.17) is 0 Å². The summed E-state index contributed by atoms with van der Waals surface area (Å²) in [5.74, 6) is 0. The summed E-state index contributed by atoms with van der Waals surface area (Å²) in [7, 11) is 0. The van der Waals surface area contributed by atoms with Gasteiger partial charge in [0.15, 0.2) is 0 Å². The summed E-state index contributed by atoms with van der Waals surface area (Å²) in [6.07, 6.45) is 4.63. The highest BCUT2D eigenvalue weighted by Crippen LogP contribution is 2.56. The maximum absolute atomic E-state index is 2.46. The summed E-state index contributed by atoms with van der Waals surface area (Å²) in [4.78, 5) is 2.39. The topological polar surface area (TPSA) is 3.24 Å². The number of benzene rings is 10. The Kier molecular flexibility index (Phi) is 7.86. The molecule has 0 unspecified atom stereocenters. The number of hydrogen-bond acceptors (Lipinski definition) is 1. The Bertz CT molecular complexity index is 3340. The van der Waals surface area contributed by atoms with E-state index < -0.39 is 5.41 Å². The Morgan fingerprint density at radius 2 is 0.885 bits per heavy atom. The normalized spacial score (nSPS) is 14.3. The summed E-state index contributed by atoms with van der Waals surface area (Å²) in [6.45, 7) is 4.77. The Morgan fingerprint density at radius 3 is 1.64 bits per heavy atom. The van der Waals surface area contributed by atoms with Crippen LogP contribution in [-0.4, -0.2) is 0 Å². The third-order valence-electron chi connectivity index (χ3n) is 13.6. The molecule has 0 saturated carbocycles. The van der Waals surface area contributed by atoms with E-state index in [1.807, 2.05) is 0 Å². The van der Waals surface area contributed by atoms with E-state index >= 15 is 0 Å². The molecule has 0 bridgehead atoms. The number of fused-ring (bicyclic) bond motifs is 4. The van der Waals surface area contributed by atoms with Gasteiger partial charge in [0, 0.05) is 22.5 Å². The molecular weight excluding hydrogens is 735 g/mol. The van der Waals surface area contributed by atoms with Crippen LogP contribution in [0, 0.1) is 0 Å². The van der Waals surface area contributed by atoms with Crippen molar-refractivity contribution in [2.24, 2.45) is 0 Å². The minimum absolute atomic E-state index is 0.187. The van der Waals surface area contributed by atoms with E-state index in [1.165, 1.54) is 88.0 Å². The van der Waals surface area contributed by atoms with Gasteiger partial charge in [-0.05, 0) is 136 Å². The zero-order chi connectivity index (χ0) is 40.7. The molecule has 0 N–H and O–H groups in total. The van der Waals surface area contributed by atoms with Crippen LogP contribution in [0.5, 0.6) is 0 Å². The molecule has 288 valence electrons. The van der Waals surface area contributed by atoms with Crippen LogP contribution in [0.15, 0.2) is 212 Å². The quantitative estimate of drug-likeness (QED) is 0.115. The summed E-state index contributed by atoms with van der Waals surface area (Å²) in [6, 6.07) is 78.7. The van der Waals surface area contributed by atoms with Gasteiger partial charge in [0.25, 0.3) is 0 Å². The van der Waals surface area contributed by atoms with E-state index in [9.17, 15) is 0 Å². The second-order valence-corrected chi connectivity index (χ2v) is 17.3. The second kappa shape index (κ2) is 13.5. The van der Waals surface area contributed by atoms with E-state index in [0.29, 0.717) is 0 Å². The fourth-order valence-electron chi connectivity index (χ4n) is 10.8. The average molecular weight is 778 g/mol. The zero-order valence-electron chi connectivity index (χ0n) is 34.3. The number of para-hydroxylation sites is 1. The number of rotatable bonds is 7. The molecule has 0 aromatic heterocycles. The minimum atomic E-state index is -0.430. The lowest BCUT2D eigenvalue weighted by Gasteiger charge is -2.34. The van der Waals surface area contributed by atoms with Crippen LogP contribution in [0.4, 0.5) is 17.1 Å². The molecule has 0 aliphatic heterocycles. The number of nitrogens with zero attached hydrogens (tertiary/aromatic N) is 1. The van der Waals surface area contributed by atoms with Gasteiger partial charge in [-0.1, -0.05) is 190 Å². The predicted octanol–water partition coefficient (Wildman–Crippen LogP) is 15.8. The molecule has 0 radical (unpaired) electrons. The highest BCUT2D eigenvalue weighted by atomic mass is 15.1. The molecule has 61 heavy (non-hydrogen) atoms. The van der Waals surface area contributed by atoms with Crippen molar-refractivity contribution in [2.75, 3.05) is 4.90 Å². The van der Waals surface area contributed by atoms with Crippen LogP contribution in [0.3, 0.4) is 0 Å². The van der Waals surface area contributed by atoms with Crippen LogP contribution >= 0.6 is 0 Å². The first kappa shape index (κ1) is 35.5. The lowest BCUT2D eigenvalue weighted by Crippen LogP contribution is -2.28. The lowest BCUT2D eigenvalue weighted by molar-refractivity contribution is 0.660. The van der Waals surface area contributed by atoms with E-state index in [0.717, 1.165) is 17.1 Å². The fraction of sp³-hybridized carbons (Fsp3) is 0.0667. The standard InChI is InChI=1S/C60H43N/c1-59(2)54-36-40(27-33-51(54)52-34-32-50(39-55(52)59)61(48-22-10-5-11-23-48)49-31-30-42-15-12-13-16-44(42)38-49)25-26-41-35-45-29-28-43-17-14-24-53-57(43)58(45)56(37-41)60(53,46-18-6-3-7-19-46)47-20-8-4-9-21-47/h3-39H,1-2H3/b26-25+. The van der Waals surface area contributed by atoms with Crippen molar-refractivity contribution >= 4 is 61.5 Å². The molecule has 0 fully saturated rings. The van der Waals surface area contributed by atoms with Crippen molar-refractivity contribution in [3.63, 3.8) is 0 Å². The zero-order valence-corrected chi connectivity index (χ0v) is 34.3. The summed E-state index contributed by atoms with van der Waals surface area (Å²) >= 11 is 0. The third-order valence-corrected chi connectivity index (χ3v) is 13.6. The summed E-state index contributed by atoms with van der Waals surface area (Å²) < 4.78 is 0. The van der Waals surface area contributed by atoms with E-state index in [2.05, 4.69) is 243 Å². The van der Waals surface area contributed by atoms with Crippen molar-refractivity contribution in [2.45, 2.75) is 24.7 Å². The van der Waals surface area contributed by atoms with Crippen LogP contribution < -0.4 is 4.90 Å². The molecule has 1 nitrogen and oxygen atoms in total. The van der Waals surface area contributed by atoms with E-state index in [1.54, 1.807) is 0 Å². The molecule has 2 aliphatic carbocycles. The molecular formula is C60H43N. The van der Waals surface area contributed by atoms with Crippen LogP contribution in [0.2, 0.25) is 0 Å². The average Bonchev–Trinajstić information content (AvgIpc) is 3.74. The highest BCUT2D eigenvalue weighted by Gasteiger charge is 2.45. The predicted molar refractivity (Wildman–Crippen MR) is 258 cm³/mol. The second-order valence-electron chi connectivity index (χ2n) is 17.3. The molecule has 0 amide bonds. The van der Waals surface area contributed by atoms with Crippen LogP contribution in [-0.2, 0) is 10.8 Å². The fourth-order valence-corrected chi connectivity index (χ4v) is 10.8. The smallest absolute Gasteiger partial charge is 0.0714 e. The van der Waals surface area contributed by atoms with Crippen molar-refractivity contribution < 1.29 is 0 Å². The van der Waals surface area contributed by atoms with Crippen molar-refractivity contribution in [3.05, 3.63) is 257 Å². The van der Waals surface area contributed by atoms with Crippen molar-refractivity contribution in [3.8, 4) is 11.1 Å². The summed E-state index contributed by atoms with van der Waals surface area (Å²) in [5.41, 5.74) is 15.9. The molecule has 10 aromatic rings. The maximum atomic E-state index is 2.46. The van der Waals surface area contributed by atoms with Crippen molar-refractivity contribution in [1.29, 1.82) is 0 Å². The monoisotopic (exact) mass is 777 g/mol. The lowest BCUT2D eigenvalue weighted by atomic mass is 9.67. The van der Waals surface area contributed by atoms with Gasteiger partial charge in [-0.3, -0.25) is 0 Å². The van der Waals surface area contributed by atoms with Gasteiger partial charge in [0.2, 0.25) is 0 Å². The third kappa shape index (κ3) is 5.33. The minimum Gasteiger partial charge on any atom is -0.310 e. The molecule has 10 aromatic carbocycles. The van der Waals surface area contributed by atoms with E-state index in [-0.39, 0.29) is 5.41 Å². The van der Waals surface area contributed by atoms with Crippen molar-refractivity contribution in [1.82, 2.24) is 0 Å². The van der Waals surface area contributed by atoms with Gasteiger partial charge in [0.05, 0.1) is 5.41 Å². The molecule has 0 spiro atoms. The molecule has 2 aliphatic rings. The van der Waals surface area contributed by atoms with Gasteiger partial charge in [0.1, 0.15) is 0 Å². The molecule has 12 rings (SSSR count). The number of anilines is 3. The van der Waals surface area contributed by atoms with Crippen LogP contribution in [0.25, 0.3) is 55.6 Å². The highest BCUT2D eigenvalue weighted by molar-refractivity contribution is 6.16. The Morgan fingerprint density at radius 1 is 0.344 bits per heavy atom. The molecule has 1 heteroatoms. The first-order valence-electron chi connectivity index (χ1n) is 21.4. The Labute approximate surface area is 357 Å². The number of hydrogen-bond donors (Lipinski definition) is 0. The first-order valence-corrected chi connectivity index (χ1v) is 21.4. The molecule has 0 saturated heterocycles. The molecule has 0 atom stereocenters. The van der Waals surface area contributed by atoms with Crippen LogP contribution in [0.1, 0.15) is 58.4 Å². The van der Waals surface area contributed by atoms with Gasteiger partial charge in [-0.15, -0.1) is 0 Å².